The van der Waals surface area contributed by atoms with E-state index in [0.717, 1.165) is 61.1 Å². The summed E-state index contributed by atoms with van der Waals surface area (Å²) in [5, 5.41) is 2.21. The highest BCUT2D eigenvalue weighted by Crippen LogP contribution is 2.54. The molecular formula is C57H40N2O. The monoisotopic (exact) mass is 768 g/mol. The van der Waals surface area contributed by atoms with E-state index in [1.165, 1.54) is 50.1 Å². The van der Waals surface area contributed by atoms with E-state index in [9.17, 15) is 0 Å². The summed E-state index contributed by atoms with van der Waals surface area (Å²) in [6, 6.07) is 67.9. The third-order valence-electron chi connectivity index (χ3n) is 13.4. The molecule has 2 heterocycles. The van der Waals surface area contributed by atoms with Crippen molar-refractivity contribution in [3.05, 3.63) is 216 Å². The standard InChI is InChI=1S/C57H40N2O/c1-56(2)47-22-12-9-18-40(47)42-29-26-37(33-49(42)56)55-58-51(36-25-28-43-41-19-10-13-23-48(41)57(3,50(43)32-36)38-15-5-4-6-16-38)34-52(59-55)44-20-8-7-17-39(44)35-27-30-54-46(31-35)45-21-11-14-24-53(45)60-54/h4-34H,1-3H3. The van der Waals surface area contributed by atoms with Crippen LogP contribution in [0.15, 0.2) is 192 Å². The highest BCUT2D eigenvalue weighted by Gasteiger charge is 2.41. The molecule has 8 aromatic carbocycles. The van der Waals surface area contributed by atoms with Crippen LogP contribution in [0.3, 0.4) is 0 Å². The van der Waals surface area contributed by atoms with Gasteiger partial charge in [0, 0.05) is 38.3 Å². The number of fused-ring (bicyclic) bond motifs is 9. The molecule has 0 amide bonds. The Bertz CT molecular complexity index is 3370. The number of hydrogen-bond donors (Lipinski definition) is 0. The minimum Gasteiger partial charge on any atom is -0.456 e. The number of aromatic nitrogens is 2. The van der Waals surface area contributed by atoms with Gasteiger partial charge in [-0.15, -0.1) is 0 Å². The Morgan fingerprint density at radius 1 is 0.367 bits per heavy atom. The molecule has 0 spiro atoms. The number of benzene rings is 8. The normalized spacial score (nSPS) is 15.8. The van der Waals surface area contributed by atoms with Gasteiger partial charge < -0.3 is 4.42 Å². The third-order valence-corrected chi connectivity index (χ3v) is 13.4. The molecule has 0 saturated heterocycles. The molecule has 0 fully saturated rings. The van der Waals surface area contributed by atoms with Crippen molar-refractivity contribution in [1.82, 2.24) is 9.97 Å². The summed E-state index contributed by atoms with van der Waals surface area (Å²) >= 11 is 0. The maximum atomic E-state index is 6.23. The number of furan rings is 1. The van der Waals surface area contributed by atoms with Crippen molar-refractivity contribution in [2.45, 2.75) is 31.6 Å². The van der Waals surface area contributed by atoms with Gasteiger partial charge >= 0.3 is 0 Å². The number of para-hydroxylation sites is 1. The summed E-state index contributed by atoms with van der Waals surface area (Å²) in [4.78, 5) is 10.9. The predicted octanol–water partition coefficient (Wildman–Crippen LogP) is 14.7. The summed E-state index contributed by atoms with van der Waals surface area (Å²) < 4.78 is 6.23. The van der Waals surface area contributed by atoms with E-state index >= 15 is 0 Å². The second-order valence-electron chi connectivity index (χ2n) is 17.0. The topological polar surface area (TPSA) is 38.9 Å². The van der Waals surface area contributed by atoms with Crippen molar-refractivity contribution in [3.8, 4) is 67.3 Å². The van der Waals surface area contributed by atoms with E-state index in [4.69, 9.17) is 14.4 Å². The predicted molar refractivity (Wildman–Crippen MR) is 246 cm³/mol. The van der Waals surface area contributed by atoms with Gasteiger partial charge in [0.1, 0.15) is 11.2 Å². The zero-order chi connectivity index (χ0) is 40.2. The molecule has 0 radical (unpaired) electrons. The summed E-state index contributed by atoms with van der Waals surface area (Å²) in [5.41, 5.74) is 20.0. The maximum absolute atomic E-state index is 6.23. The van der Waals surface area contributed by atoms with Gasteiger partial charge in [-0.25, -0.2) is 9.97 Å². The van der Waals surface area contributed by atoms with E-state index in [0.29, 0.717) is 5.82 Å². The molecule has 10 aromatic rings. The van der Waals surface area contributed by atoms with E-state index in [1.54, 1.807) is 0 Å². The molecule has 12 rings (SSSR count). The Balaban J connectivity index is 1.07. The average Bonchev–Trinajstić information content (AvgIpc) is 3.89. The smallest absolute Gasteiger partial charge is 0.160 e. The lowest BCUT2D eigenvalue weighted by molar-refractivity contribution is 0.660. The van der Waals surface area contributed by atoms with Gasteiger partial charge in [0.2, 0.25) is 0 Å². The molecule has 0 N–H and O–H groups in total. The Kier molecular flexibility index (Phi) is 7.40. The van der Waals surface area contributed by atoms with Gasteiger partial charge in [0.25, 0.3) is 0 Å². The molecule has 0 aliphatic heterocycles. The lowest BCUT2D eigenvalue weighted by Gasteiger charge is -2.28. The summed E-state index contributed by atoms with van der Waals surface area (Å²) in [6.45, 7) is 7.02. The van der Waals surface area contributed by atoms with Crippen LogP contribution in [0, 0.1) is 0 Å². The SMILES string of the molecule is CC1(C)c2ccccc2-c2ccc(-c3nc(-c4ccc5c(c4)C(C)(c4ccccc4)c4ccccc4-5)cc(-c4ccccc4-c4ccc5oc6ccccc6c5c4)n3)cc21. The molecule has 1 unspecified atom stereocenters. The Morgan fingerprint density at radius 3 is 1.75 bits per heavy atom. The zero-order valence-corrected chi connectivity index (χ0v) is 33.7. The van der Waals surface area contributed by atoms with E-state index in [2.05, 4.69) is 197 Å². The molecule has 60 heavy (non-hydrogen) atoms. The quantitative estimate of drug-likeness (QED) is 0.175. The first-order valence-electron chi connectivity index (χ1n) is 20.8. The van der Waals surface area contributed by atoms with Crippen molar-refractivity contribution < 1.29 is 4.42 Å². The fourth-order valence-electron chi connectivity index (χ4n) is 10.3. The highest BCUT2D eigenvalue weighted by atomic mass is 16.3. The first-order chi connectivity index (χ1) is 29.4. The van der Waals surface area contributed by atoms with Crippen LogP contribution in [0.2, 0.25) is 0 Å². The molecule has 2 aliphatic rings. The van der Waals surface area contributed by atoms with Gasteiger partial charge in [-0.05, 0) is 105 Å². The maximum Gasteiger partial charge on any atom is 0.160 e. The third kappa shape index (κ3) is 5.02. The molecule has 0 saturated carbocycles. The number of rotatable bonds is 5. The van der Waals surface area contributed by atoms with Crippen LogP contribution in [-0.4, -0.2) is 9.97 Å². The zero-order valence-electron chi connectivity index (χ0n) is 33.7. The lowest BCUT2D eigenvalue weighted by Crippen LogP contribution is -2.22. The van der Waals surface area contributed by atoms with Gasteiger partial charge in [0.15, 0.2) is 5.82 Å². The Morgan fingerprint density at radius 2 is 0.933 bits per heavy atom. The fraction of sp³-hybridized carbons (Fsp3) is 0.0877. The van der Waals surface area contributed by atoms with Crippen molar-refractivity contribution in [3.63, 3.8) is 0 Å². The lowest BCUT2D eigenvalue weighted by atomic mass is 9.74. The Labute approximate surface area is 349 Å². The average molecular weight is 769 g/mol. The van der Waals surface area contributed by atoms with Crippen molar-refractivity contribution in [2.75, 3.05) is 0 Å². The molecule has 284 valence electrons. The van der Waals surface area contributed by atoms with Gasteiger partial charge in [0.05, 0.1) is 11.4 Å². The molecule has 1 atom stereocenters. The summed E-state index contributed by atoms with van der Waals surface area (Å²) in [6.07, 6.45) is 0. The largest absolute Gasteiger partial charge is 0.456 e. The fourth-order valence-corrected chi connectivity index (χ4v) is 10.3. The molecular weight excluding hydrogens is 729 g/mol. The Hall–Kier alpha value is -7.36. The van der Waals surface area contributed by atoms with E-state index in [1.807, 2.05) is 12.1 Å². The molecule has 2 aromatic heterocycles. The highest BCUT2D eigenvalue weighted by molar-refractivity contribution is 6.06. The minimum absolute atomic E-state index is 0.151. The van der Waals surface area contributed by atoms with Crippen molar-refractivity contribution in [1.29, 1.82) is 0 Å². The number of hydrogen-bond acceptors (Lipinski definition) is 3. The van der Waals surface area contributed by atoms with Crippen LogP contribution in [0.5, 0.6) is 0 Å². The van der Waals surface area contributed by atoms with Gasteiger partial charge in [-0.2, -0.15) is 0 Å². The summed E-state index contributed by atoms with van der Waals surface area (Å²) in [7, 11) is 0. The molecule has 3 heteroatoms. The second-order valence-corrected chi connectivity index (χ2v) is 17.0. The van der Waals surface area contributed by atoms with Crippen LogP contribution in [-0.2, 0) is 10.8 Å². The van der Waals surface area contributed by atoms with Crippen LogP contribution in [0.1, 0.15) is 48.6 Å². The van der Waals surface area contributed by atoms with Crippen molar-refractivity contribution in [2.24, 2.45) is 0 Å². The first-order valence-corrected chi connectivity index (χ1v) is 20.8. The van der Waals surface area contributed by atoms with Gasteiger partial charge in [-0.1, -0.05) is 166 Å². The second kappa shape index (κ2) is 12.8. The molecule has 2 aliphatic carbocycles. The molecule has 3 nitrogen and oxygen atoms in total. The first kappa shape index (κ1) is 34.7. The van der Waals surface area contributed by atoms with Crippen LogP contribution in [0.25, 0.3) is 89.2 Å². The number of nitrogens with zero attached hydrogens (tertiary/aromatic N) is 2. The van der Waals surface area contributed by atoms with Crippen molar-refractivity contribution >= 4 is 21.9 Å². The summed E-state index contributed by atoms with van der Waals surface area (Å²) in [5.74, 6) is 0.706. The van der Waals surface area contributed by atoms with Crippen LogP contribution in [0.4, 0.5) is 0 Å². The van der Waals surface area contributed by atoms with E-state index < -0.39 is 0 Å². The van der Waals surface area contributed by atoms with Crippen LogP contribution >= 0.6 is 0 Å². The minimum atomic E-state index is -0.328. The van der Waals surface area contributed by atoms with Gasteiger partial charge in [-0.3, -0.25) is 0 Å². The molecule has 0 bridgehead atoms. The van der Waals surface area contributed by atoms with E-state index in [-0.39, 0.29) is 10.8 Å². The van der Waals surface area contributed by atoms with Crippen LogP contribution < -0.4 is 0 Å².